The normalized spacial score (nSPS) is 11.3. The summed E-state index contributed by atoms with van der Waals surface area (Å²) in [4.78, 5) is 36.4. The van der Waals surface area contributed by atoms with Crippen molar-refractivity contribution in [2.24, 2.45) is 0 Å². The van der Waals surface area contributed by atoms with Gasteiger partial charge in [0.25, 0.3) is 5.91 Å². The molecule has 0 aliphatic carbocycles. The minimum Gasteiger partial charge on any atom is -0.455 e. The van der Waals surface area contributed by atoms with Crippen LogP contribution in [0.15, 0.2) is 72.8 Å². The molecule has 0 aliphatic rings. The number of carbonyl (C=O) groups excluding carboxylic acids is 3. The monoisotopic (exact) mass is 460 g/mol. The van der Waals surface area contributed by atoms with E-state index >= 15 is 0 Å². The first kappa shape index (κ1) is 24.5. The lowest BCUT2D eigenvalue weighted by Crippen LogP contribution is -2.29. The number of anilines is 1. The van der Waals surface area contributed by atoms with Crippen LogP contribution < -0.4 is 15.4 Å². The summed E-state index contributed by atoms with van der Waals surface area (Å²) in [5.74, 6) is -0.255. The molecule has 0 saturated carbocycles. The van der Waals surface area contributed by atoms with Crippen molar-refractivity contribution in [3.8, 4) is 11.5 Å². The molecule has 1 unspecified atom stereocenters. The average molecular weight is 461 g/mol. The Balaban J connectivity index is 1.57. The topological polar surface area (TPSA) is 93.7 Å². The van der Waals surface area contributed by atoms with Crippen molar-refractivity contribution in [3.63, 3.8) is 0 Å². The van der Waals surface area contributed by atoms with Crippen LogP contribution in [-0.2, 0) is 19.1 Å². The van der Waals surface area contributed by atoms with Gasteiger partial charge in [0.05, 0.1) is 18.2 Å². The number of amides is 2. The molecular weight excluding hydrogens is 432 g/mol. The van der Waals surface area contributed by atoms with E-state index in [2.05, 4.69) is 10.6 Å². The van der Waals surface area contributed by atoms with Gasteiger partial charge in [-0.15, -0.1) is 0 Å². The molecule has 7 nitrogen and oxygen atoms in total. The number of carbonyl (C=O) groups is 3. The zero-order chi connectivity index (χ0) is 24.5. The molecule has 1 atom stereocenters. The molecule has 2 amide bonds. The van der Waals surface area contributed by atoms with Crippen LogP contribution in [0.1, 0.15) is 36.1 Å². The summed E-state index contributed by atoms with van der Waals surface area (Å²) in [6.45, 7) is 4.86. The minimum absolute atomic E-state index is 0.0942. The molecule has 0 aromatic heterocycles. The highest BCUT2D eigenvalue weighted by atomic mass is 16.5. The molecule has 7 heteroatoms. The predicted octanol–water partition coefficient (Wildman–Crippen LogP) is 4.84. The second-order valence-corrected chi connectivity index (χ2v) is 7.99. The van der Waals surface area contributed by atoms with Crippen LogP contribution in [0.4, 0.5) is 5.69 Å². The molecule has 0 heterocycles. The fourth-order valence-electron chi connectivity index (χ4n) is 3.25. The largest absolute Gasteiger partial charge is 0.455 e. The first-order chi connectivity index (χ1) is 16.3. The number of benzene rings is 3. The van der Waals surface area contributed by atoms with Crippen LogP contribution in [0.2, 0.25) is 0 Å². The summed E-state index contributed by atoms with van der Waals surface area (Å²) in [5, 5.41) is 5.46. The highest BCUT2D eigenvalue weighted by Gasteiger charge is 2.19. The van der Waals surface area contributed by atoms with Gasteiger partial charge in [0.2, 0.25) is 5.91 Å². The van der Waals surface area contributed by atoms with Gasteiger partial charge >= 0.3 is 5.97 Å². The van der Waals surface area contributed by atoms with Gasteiger partial charge in [-0.25, -0.2) is 0 Å². The molecular formula is C27H28N2O5. The maximum absolute atomic E-state index is 12.4. The molecule has 176 valence electrons. The first-order valence-corrected chi connectivity index (χ1v) is 10.9. The van der Waals surface area contributed by atoms with Crippen LogP contribution in [0.3, 0.4) is 0 Å². The summed E-state index contributed by atoms with van der Waals surface area (Å²) < 4.78 is 11.0. The van der Waals surface area contributed by atoms with Crippen LogP contribution >= 0.6 is 0 Å². The second kappa shape index (κ2) is 11.7. The third-order valence-corrected chi connectivity index (χ3v) is 5.00. The van der Waals surface area contributed by atoms with Gasteiger partial charge in [-0.3, -0.25) is 14.4 Å². The highest BCUT2D eigenvalue weighted by Crippen LogP contribution is 2.29. The van der Waals surface area contributed by atoms with Gasteiger partial charge in [-0.2, -0.15) is 0 Å². The summed E-state index contributed by atoms with van der Waals surface area (Å²) in [5.41, 5.74) is 3.42. The summed E-state index contributed by atoms with van der Waals surface area (Å²) in [7, 11) is 0. The highest BCUT2D eigenvalue weighted by molar-refractivity contribution is 5.94. The van der Waals surface area contributed by atoms with Crippen molar-refractivity contribution in [2.45, 2.75) is 33.2 Å². The molecule has 2 N–H and O–H groups in total. The van der Waals surface area contributed by atoms with Gasteiger partial charge < -0.3 is 20.1 Å². The summed E-state index contributed by atoms with van der Waals surface area (Å²) in [6, 6.07) is 21.5. The molecule has 3 aromatic carbocycles. The van der Waals surface area contributed by atoms with Gasteiger partial charge in [0.15, 0.2) is 12.4 Å². The summed E-state index contributed by atoms with van der Waals surface area (Å²) >= 11 is 0. The van der Waals surface area contributed by atoms with Gasteiger partial charge in [-0.1, -0.05) is 59.7 Å². The second-order valence-electron chi connectivity index (χ2n) is 7.99. The quantitative estimate of drug-likeness (QED) is 0.446. The Labute approximate surface area is 199 Å². The maximum atomic E-state index is 12.4. The van der Waals surface area contributed by atoms with E-state index in [-0.39, 0.29) is 12.3 Å². The number of hydrogen-bond acceptors (Lipinski definition) is 5. The number of rotatable bonds is 9. The first-order valence-electron chi connectivity index (χ1n) is 10.9. The van der Waals surface area contributed by atoms with E-state index in [1.54, 1.807) is 24.3 Å². The van der Waals surface area contributed by atoms with Crippen LogP contribution in [0, 0.1) is 13.8 Å². The number of para-hydroxylation sites is 2. The van der Waals surface area contributed by atoms with E-state index in [9.17, 15) is 14.4 Å². The Morgan fingerprint density at radius 3 is 2.12 bits per heavy atom. The maximum Gasteiger partial charge on any atom is 0.308 e. The molecule has 34 heavy (non-hydrogen) atoms. The number of ether oxygens (including phenoxy) is 2. The third-order valence-electron chi connectivity index (χ3n) is 5.00. The Hall–Kier alpha value is -4.13. The van der Waals surface area contributed by atoms with Crippen molar-refractivity contribution in [1.82, 2.24) is 5.32 Å². The molecule has 0 radical (unpaired) electrons. The van der Waals surface area contributed by atoms with Crippen LogP contribution in [0.25, 0.3) is 0 Å². The van der Waals surface area contributed by atoms with E-state index in [1.807, 2.05) is 62.4 Å². The number of hydrogen-bond donors (Lipinski definition) is 2. The van der Waals surface area contributed by atoms with E-state index in [4.69, 9.17) is 9.47 Å². The zero-order valence-electron chi connectivity index (χ0n) is 19.5. The Morgan fingerprint density at radius 1 is 0.853 bits per heavy atom. The van der Waals surface area contributed by atoms with E-state index in [0.29, 0.717) is 17.2 Å². The molecule has 0 fully saturated rings. The van der Waals surface area contributed by atoms with Crippen molar-refractivity contribution < 1.29 is 23.9 Å². The Bertz CT molecular complexity index is 1140. The van der Waals surface area contributed by atoms with E-state index in [0.717, 1.165) is 16.7 Å². The standard InChI is InChI=1S/C27H28N2O5/c1-18-8-12-21(13-9-18)24(28-20(3)30)16-27(32)33-17-26(31)29-23-6-4-5-7-25(23)34-22-14-10-19(2)11-15-22/h4-15,24H,16-17H2,1-3H3,(H,28,30)(H,29,31). The van der Waals surface area contributed by atoms with Gasteiger partial charge in [0, 0.05) is 6.92 Å². The number of esters is 1. The molecule has 0 bridgehead atoms. The smallest absolute Gasteiger partial charge is 0.308 e. The molecule has 3 aromatic rings. The fraction of sp³-hybridized carbons (Fsp3) is 0.222. The molecule has 0 aliphatic heterocycles. The molecule has 0 spiro atoms. The lowest BCUT2D eigenvalue weighted by Gasteiger charge is -2.18. The molecule has 0 saturated heterocycles. The van der Waals surface area contributed by atoms with E-state index < -0.39 is 24.5 Å². The predicted molar refractivity (Wildman–Crippen MR) is 130 cm³/mol. The average Bonchev–Trinajstić information content (AvgIpc) is 2.80. The van der Waals surface area contributed by atoms with Gasteiger partial charge in [0.1, 0.15) is 5.75 Å². The zero-order valence-corrected chi connectivity index (χ0v) is 19.5. The SMILES string of the molecule is CC(=O)NC(CC(=O)OCC(=O)Nc1ccccc1Oc1ccc(C)cc1)c1ccc(C)cc1. The summed E-state index contributed by atoms with van der Waals surface area (Å²) in [6.07, 6.45) is -0.0942. The van der Waals surface area contributed by atoms with Crippen molar-refractivity contribution in [3.05, 3.63) is 89.5 Å². The third kappa shape index (κ3) is 7.48. The van der Waals surface area contributed by atoms with Crippen molar-refractivity contribution in [2.75, 3.05) is 11.9 Å². The lowest BCUT2D eigenvalue weighted by atomic mass is 10.0. The van der Waals surface area contributed by atoms with Gasteiger partial charge in [-0.05, 0) is 43.7 Å². The fourth-order valence-corrected chi connectivity index (χ4v) is 3.25. The number of aryl methyl sites for hydroxylation is 2. The number of nitrogens with one attached hydrogen (secondary N) is 2. The lowest BCUT2D eigenvalue weighted by molar-refractivity contribution is -0.148. The van der Waals surface area contributed by atoms with E-state index in [1.165, 1.54) is 6.92 Å². The van der Waals surface area contributed by atoms with Crippen molar-refractivity contribution >= 4 is 23.5 Å². The Kier molecular flexibility index (Phi) is 8.40. The minimum atomic E-state index is -0.598. The van der Waals surface area contributed by atoms with Crippen LogP contribution in [-0.4, -0.2) is 24.4 Å². The van der Waals surface area contributed by atoms with Crippen LogP contribution in [0.5, 0.6) is 11.5 Å². The van der Waals surface area contributed by atoms with Crippen molar-refractivity contribution in [1.29, 1.82) is 0 Å². The Morgan fingerprint density at radius 2 is 1.47 bits per heavy atom. The molecule has 3 rings (SSSR count).